The Hall–Kier alpha value is -2.70. The van der Waals surface area contributed by atoms with Crippen molar-refractivity contribution in [3.05, 3.63) is 97.6 Å². The first-order chi connectivity index (χ1) is 17.5. The highest BCUT2D eigenvalue weighted by atomic mass is 35.5. The molecule has 0 fully saturated rings. The summed E-state index contributed by atoms with van der Waals surface area (Å²) in [5, 5.41) is 1.59. The van der Waals surface area contributed by atoms with Gasteiger partial charge in [0.2, 0.25) is 0 Å². The third-order valence-electron chi connectivity index (χ3n) is 6.72. The van der Waals surface area contributed by atoms with Crippen molar-refractivity contribution in [3.63, 3.8) is 0 Å². The molecule has 0 radical (unpaired) electrons. The Kier molecular flexibility index (Phi) is 6.92. The molecular formula is C29H25Cl3FN3O. The summed E-state index contributed by atoms with van der Waals surface area (Å²) < 4.78 is 15.4. The maximum Gasteiger partial charge on any atom is 0.255 e. The quantitative estimate of drug-likeness (QED) is 0.256. The Morgan fingerprint density at radius 2 is 1.68 bits per heavy atom. The molecule has 0 unspecified atom stereocenters. The molecule has 1 aliphatic heterocycles. The molecule has 0 N–H and O–H groups in total. The van der Waals surface area contributed by atoms with Crippen molar-refractivity contribution in [1.29, 1.82) is 0 Å². The molecule has 5 rings (SSSR count). The predicted octanol–water partition coefficient (Wildman–Crippen LogP) is 8.04. The molecule has 1 aliphatic rings. The van der Waals surface area contributed by atoms with E-state index in [1.165, 1.54) is 22.8 Å². The van der Waals surface area contributed by atoms with Crippen molar-refractivity contribution >= 4 is 51.3 Å². The monoisotopic (exact) mass is 555 g/mol. The van der Waals surface area contributed by atoms with Crippen LogP contribution in [0.25, 0.3) is 33.4 Å². The fourth-order valence-corrected chi connectivity index (χ4v) is 5.56. The molecule has 37 heavy (non-hydrogen) atoms. The maximum absolute atomic E-state index is 13.9. The Morgan fingerprint density at radius 3 is 2.30 bits per heavy atom. The van der Waals surface area contributed by atoms with Crippen molar-refractivity contribution in [2.24, 2.45) is 0 Å². The van der Waals surface area contributed by atoms with Gasteiger partial charge in [-0.05, 0) is 75.2 Å². The summed E-state index contributed by atoms with van der Waals surface area (Å²) in [6.45, 7) is 8.24. The fourth-order valence-electron chi connectivity index (χ4n) is 4.73. The van der Waals surface area contributed by atoms with Crippen LogP contribution in [0.4, 0.5) is 4.39 Å². The topological polar surface area (TPSA) is 38.1 Å². The molecule has 0 saturated heterocycles. The number of fused-ring (bicyclic) bond motifs is 1. The van der Waals surface area contributed by atoms with Gasteiger partial charge in [-0.15, -0.1) is 0 Å². The second-order valence-electron chi connectivity index (χ2n) is 10.1. The Bertz CT molecular complexity index is 1600. The molecule has 0 bridgehead atoms. The highest BCUT2D eigenvalue weighted by molar-refractivity contribution is 6.38. The summed E-state index contributed by atoms with van der Waals surface area (Å²) >= 11 is 19.6. The number of nitrogens with zero attached hydrogens (tertiary/aromatic N) is 3. The first-order valence-corrected chi connectivity index (χ1v) is 13.1. The normalized spacial score (nSPS) is 14.7. The van der Waals surface area contributed by atoms with Gasteiger partial charge in [0, 0.05) is 35.6 Å². The number of benzene rings is 2. The highest BCUT2D eigenvalue weighted by Crippen LogP contribution is 2.37. The number of para-hydroxylation sites is 1. The van der Waals surface area contributed by atoms with Gasteiger partial charge in [-0.25, -0.2) is 9.37 Å². The van der Waals surface area contributed by atoms with Gasteiger partial charge < -0.3 is 0 Å². The van der Waals surface area contributed by atoms with E-state index in [0.29, 0.717) is 37.9 Å². The Labute approximate surface area is 229 Å². The van der Waals surface area contributed by atoms with E-state index in [0.717, 1.165) is 30.8 Å². The van der Waals surface area contributed by atoms with E-state index in [1.54, 1.807) is 30.3 Å². The lowest BCUT2D eigenvalue weighted by Gasteiger charge is -2.37. The lowest BCUT2D eigenvalue weighted by Crippen LogP contribution is -2.43. The lowest BCUT2D eigenvalue weighted by atomic mass is 9.97. The van der Waals surface area contributed by atoms with Crippen molar-refractivity contribution < 1.29 is 4.39 Å². The van der Waals surface area contributed by atoms with Crippen LogP contribution in [-0.4, -0.2) is 33.1 Å². The van der Waals surface area contributed by atoms with E-state index in [4.69, 9.17) is 39.8 Å². The van der Waals surface area contributed by atoms with E-state index in [9.17, 15) is 9.18 Å². The van der Waals surface area contributed by atoms with Crippen LogP contribution in [0.2, 0.25) is 15.1 Å². The Morgan fingerprint density at radius 1 is 0.946 bits per heavy atom. The number of hydrogen-bond acceptors (Lipinski definition) is 3. The molecule has 190 valence electrons. The minimum absolute atomic E-state index is 0.0485. The zero-order valence-corrected chi connectivity index (χ0v) is 22.9. The van der Waals surface area contributed by atoms with Crippen LogP contribution in [0.1, 0.15) is 32.9 Å². The van der Waals surface area contributed by atoms with Crippen molar-refractivity contribution in [3.8, 4) is 16.9 Å². The molecule has 0 aliphatic carbocycles. The molecule has 8 heteroatoms. The second kappa shape index (κ2) is 9.88. The predicted molar refractivity (Wildman–Crippen MR) is 152 cm³/mol. The Balaban J connectivity index is 1.82. The van der Waals surface area contributed by atoms with E-state index >= 15 is 0 Å². The summed E-state index contributed by atoms with van der Waals surface area (Å²) in [7, 11) is 0. The van der Waals surface area contributed by atoms with Crippen LogP contribution in [0, 0.1) is 5.82 Å². The van der Waals surface area contributed by atoms with Crippen molar-refractivity contribution in [1.82, 2.24) is 14.5 Å². The molecule has 4 aromatic rings. The van der Waals surface area contributed by atoms with Gasteiger partial charge in [0.05, 0.1) is 37.7 Å². The third-order valence-corrected chi connectivity index (χ3v) is 7.65. The number of halogens is 4. The number of hydrogen-bond donors (Lipinski definition) is 0. The number of aromatic nitrogens is 2. The highest BCUT2D eigenvalue weighted by Gasteiger charge is 2.25. The van der Waals surface area contributed by atoms with E-state index in [-0.39, 0.29) is 16.1 Å². The fraction of sp³-hybridized carbons (Fsp3) is 0.241. The van der Waals surface area contributed by atoms with Crippen LogP contribution < -0.4 is 5.56 Å². The summed E-state index contributed by atoms with van der Waals surface area (Å²) in [6, 6.07) is 14.4. The van der Waals surface area contributed by atoms with Gasteiger partial charge in [0.15, 0.2) is 0 Å². The first-order valence-electron chi connectivity index (χ1n) is 12.0. The maximum atomic E-state index is 13.9. The van der Waals surface area contributed by atoms with Gasteiger partial charge in [0.1, 0.15) is 5.82 Å². The standard InChI is InChI=1S/C29H25Cl3FN3O/c1-29(2,3)35-13-11-17(12-14-35)24-16-25-20(27(34-24)19-8-7-18(33)15-23(19)32)9-10-26(37)36(25)28-21(30)5-4-6-22(28)31/h4-11,15-16H,12-14H2,1-3H3. The number of rotatable bonds is 3. The molecule has 2 aromatic carbocycles. The molecular weight excluding hydrogens is 532 g/mol. The smallest absolute Gasteiger partial charge is 0.255 e. The number of pyridine rings is 2. The molecule has 0 atom stereocenters. The van der Waals surface area contributed by atoms with Crippen molar-refractivity contribution in [2.45, 2.75) is 32.7 Å². The van der Waals surface area contributed by atoms with Crippen LogP contribution in [0.15, 0.2) is 65.5 Å². The van der Waals surface area contributed by atoms with Crippen LogP contribution in [0.3, 0.4) is 0 Å². The molecule has 4 nitrogen and oxygen atoms in total. The largest absolute Gasteiger partial charge is 0.294 e. The van der Waals surface area contributed by atoms with Gasteiger partial charge in [-0.3, -0.25) is 14.3 Å². The van der Waals surface area contributed by atoms with Crippen LogP contribution in [0.5, 0.6) is 0 Å². The molecule has 0 saturated carbocycles. The zero-order chi connectivity index (χ0) is 26.5. The zero-order valence-electron chi connectivity index (χ0n) is 20.7. The molecule has 0 amide bonds. The average molecular weight is 557 g/mol. The van der Waals surface area contributed by atoms with E-state index in [1.807, 2.05) is 6.07 Å². The van der Waals surface area contributed by atoms with Crippen molar-refractivity contribution in [2.75, 3.05) is 13.1 Å². The molecule has 3 heterocycles. The first kappa shape index (κ1) is 25.9. The molecule has 2 aromatic heterocycles. The molecule has 0 spiro atoms. The van der Waals surface area contributed by atoms with Crippen LogP contribution in [-0.2, 0) is 0 Å². The summed E-state index contributed by atoms with van der Waals surface area (Å²) in [6.07, 6.45) is 2.96. The SMILES string of the molecule is CC(C)(C)N1CC=C(c2cc3c(ccc(=O)n3-c3c(Cl)cccc3Cl)c(-c3ccc(F)cc3Cl)n2)CC1. The van der Waals surface area contributed by atoms with Gasteiger partial charge in [0.25, 0.3) is 5.56 Å². The minimum atomic E-state index is -0.439. The van der Waals surface area contributed by atoms with E-state index < -0.39 is 5.82 Å². The van der Waals surface area contributed by atoms with Gasteiger partial charge in [-0.1, -0.05) is 46.9 Å². The second-order valence-corrected chi connectivity index (χ2v) is 11.3. The third kappa shape index (κ3) is 4.94. The summed E-state index contributed by atoms with van der Waals surface area (Å²) in [5.74, 6) is -0.439. The summed E-state index contributed by atoms with van der Waals surface area (Å²) in [5.41, 5.74) is 3.65. The summed E-state index contributed by atoms with van der Waals surface area (Å²) in [4.78, 5) is 20.7. The van der Waals surface area contributed by atoms with Gasteiger partial charge >= 0.3 is 0 Å². The van der Waals surface area contributed by atoms with Gasteiger partial charge in [-0.2, -0.15) is 0 Å². The average Bonchev–Trinajstić information content (AvgIpc) is 2.84. The minimum Gasteiger partial charge on any atom is -0.294 e. The van der Waals surface area contributed by atoms with Crippen LogP contribution >= 0.6 is 34.8 Å². The van der Waals surface area contributed by atoms with E-state index in [2.05, 4.69) is 31.7 Å². The lowest BCUT2D eigenvalue weighted by molar-refractivity contribution is 0.153.